The van der Waals surface area contributed by atoms with Crippen LogP contribution in [0.3, 0.4) is 0 Å². The first-order chi connectivity index (χ1) is 12.9. The third-order valence-electron chi connectivity index (χ3n) is 3.81. The molecule has 0 saturated carbocycles. The lowest BCUT2D eigenvalue weighted by molar-refractivity contribution is -0.116. The number of carbonyl (C=O) groups is 1. The number of amides is 1. The van der Waals surface area contributed by atoms with Crippen molar-refractivity contribution in [1.29, 1.82) is 0 Å². The highest BCUT2D eigenvalue weighted by atomic mass is 32.2. The molecule has 0 aliphatic rings. The maximum atomic E-state index is 13.0. The van der Waals surface area contributed by atoms with Crippen LogP contribution in [0.4, 0.5) is 9.52 Å². The quantitative estimate of drug-likeness (QED) is 0.642. The third-order valence-corrected chi connectivity index (χ3v) is 6.38. The molecule has 2 aromatic carbocycles. The molecule has 8 heteroatoms. The Bertz CT molecular complexity index is 1020. The van der Waals surface area contributed by atoms with Gasteiger partial charge in [0.15, 0.2) is 15.0 Å². The summed E-state index contributed by atoms with van der Waals surface area (Å²) in [7, 11) is -3.39. The lowest BCUT2D eigenvalue weighted by Gasteiger charge is -2.04. The average molecular weight is 404 g/mol. The summed E-state index contributed by atoms with van der Waals surface area (Å²) in [6, 6.07) is 14.1. The number of benzene rings is 2. The van der Waals surface area contributed by atoms with E-state index in [0.717, 1.165) is 5.56 Å². The van der Waals surface area contributed by atoms with Crippen LogP contribution in [0, 0.1) is 5.82 Å². The molecule has 5 nitrogen and oxygen atoms in total. The second-order valence-corrected chi connectivity index (χ2v) is 8.80. The van der Waals surface area contributed by atoms with Gasteiger partial charge in [0.05, 0.1) is 16.3 Å². The maximum absolute atomic E-state index is 13.0. The van der Waals surface area contributed by atoms with Crippen LogP contribution in [-0.2, 0) is 14.6 Å². The molecule has 0 saturated heterocycles. The number of hydrogen-bond acceptors (Lipinski definition) is 5. The molecule has 0 bridgehead atoms. The van der Waals surface area contributed by atoms with Gasteiger partial charge in [0, 0.05) is 17.4 Å². The van der Waals surface area contributed by atoms with E-state index in [-0.39, 0.29) is 35.2 Å². The summed E-state index contributed by atoms with van der Waals surface area (Å²) in [4.78, 5) is 16.6. The number of rotatable bonds is 7. The van der Waals surface area contributed by atoms with Gasteiger partial charge in [0.25, 0.3) is 0 Å². The van der Waals surface area contributed by atoms with Crippen molar-refractivity contribution in [3.05, 3.63) is 65.8 Å². The zero-order chi connectivity index (χ0) is 19.3. The maximum Gasteiger partial charge on any atom is 0.226 e. The number of halogens is 1. The smallest absolute Gasteiger partial charge is 0.226 e. The Kier molecular flexibility index (Phi) is 5.98. The minimum absolute atomic E-state index is 0.0809. The number of hydrogen-bond donors (Lipinski definition) is 1. The fraction of sp³-hybridized carbons (Fsp3) is 0.158. The topological polar surface area (TPSA) is 76.1 Å². The number of nitrogens with zero attached hydrogens (tertiary/aromatic N) is 1. The first-order valence-corrected chi connectivity index (χ1v) is 10.8. The molecular weight excluding hydrogens is 387 g/mol. The summed E-state index contributed by atoms with van der Waals surface area (Å²) in [5, 5.41) is 4.86. The lowest BCUT2D eigenvalue weighted by atomic mass is 10.2. The number of sulfone groups is 1. The SMILES string of the molecule is O=C(CCCS(=O)(=O)c1ccccc1)Nc1nc(-c2ccc(F)cc2)cs1. The summed E-state index contributed by atoms with van der Waals surface area (Å²) in [5.41, 5.74) is 1.39. The molecule has 3 aromatic rings. The van der Waals surface area contributed by atoms with Gasteiger partial charge in [-0.25, -0.2) is 17.8 Å². The van der Waals surface area contributed by atoms with Gasteiger partial charge < -0.3 is 5.32 Å². The summed E-state index contributed by atoms with van der Waals surface area (Å²) < 4.78 is 37.3. The van der Waals surface area contributed by atoms with Crippen LogP contribution < -0.4 is 5.32 Å². The fourth-order valence-corrected chi connectivity index (χ4v) is 4.50. The predicted octanol–water partition coefficient (Wildman–Crippen LogP) is 4.14. The van der Waals surface area contributed by atoms with Crippen molar-refractivity contribution in [1.82, 2.24) is 4.98 Å². The van der Waals surface area contributed by atoms with Crippen molar-refractivity contribution in [2.45, 2.75) is 17.7 Å². The van der Waals surface area contributed by atoms with Gasteiger partial charge in [-0.3, -0.25) is 4.79 Å². The van der Waals surface area contributed by atoms with E-state index in [9.17, 15) is 17.6 Å². The molecule has 0 radical (unpaired) electrons. The summed E-state index contributed by atoms with van der Waals surface area (Å²) in [5.74, 6) is -0.713. The minimum atomic E-state index is -3.39. The van der Waals surface area contributed by atoms with Crippen molar-refractivity contribution < 1.29 is 17.6 Å². The van der Waals surface area contributed by atoms with E-state index in [1.165, 1.54) is 23.5 Å². The van der Waals surface area contributed by atoms with Crippen LogP contribution in [0.5, 0.6) is 0 Å². The molecule has 0 fully saturated rings. The minimum Gasteiger partial charge on any atom is -0.302 e. The van der Waals surface area contributed by atoms with Crippen LogP contribution in [0.1, 0.15) is 12.8 Å². The van der Waals surface area contributed by atoms with Crippen LogP contribution >= 0.6 is 11.3 Å². The normalized spacial score (nSPS) is 11.3. The van der Waals surface area contributed by atoms with E-state index >= 15 is 0 Å². The van der Waals surface area contributed by atoms with Gasteiger partial charge in [-0.05, 0) is 42.8 Å². The highest BCUT2D eigenvalue weighted by Crippen LogP contribution is 2.25. The molecule has 140 valence electrons. The number of carbonyl (C=O) groups excluding carboxylic acids is 1. The molecule has 0 atom stereocenters. The molecule has 1 amide bonds. The second-order valence-electron chi connectivity index (χ2n) is 5.83. The second kappa shape index (κ2) is 8.41. The molecule has 0 spiro atoms. The number of thiazole rings is 1. The highest BCUT2D eigenvalue weighted by Gasteiger charge is 2.15. The molecule has 1 N–H and O–H groups in total. The van der Waals surface area contributed by atoms with Gasteiger partial charge in [-0.2, -0.15) is 0 Å². The fourth-order valence-electron chi connectivity index (χ4n) is 2.43. The summed E-state index contributed by atoms with van der Waals surface area (Å²) in [6.07, 6.45) is 0.302. The Morgan fingerprint density at radius 3 is 2.48 bits per heavy atom. The van der Waals surface area contributed by atoms with Gasteiger partial charge in [-0.15, -0.1) is 11.3 Å². The van der Waals surface area contributed by atoms with Crippen LogP contribution in [0.15, 0.2) is 64.9 Å². The largest absolute Gasteiger partial charge is 0.302 e. The number of aromatic nitrogens is 1. The van der Waals surface area contributed by atoms with Gasteiger partial charge >= 0.3 is 0 Å². The summed E-state index contributed by atoms with van der Waals surface area (Å²) in [6.45, 7) is 0. The third kappa shape index (κ3) is 5.21. The Labute approximate surface area is 160 Å². The van der Waals surface area contributed by atoms with Crippen molar-refractivity contribution in [2.75, 3.05) is 11.1 Å². The molecular formula is C19H17FN2O3S2. The van der Waals surface area contributed by atoms with Crippen LogP contribution in [0.2, 0.25) is 0 Å². The monoisotopic (exact) mass is 404 g/mol. The lowest BCUT2D eigenvalue weighted by Crippen LogP contribution is -2.14. The van der Waals surface area contributed by atoms with Crippen molar-refractivity contribution in [2.24, 2.45) is 0 Å². The van der Waals surface area contributed by atoms with E-state index in [0.29, 0.717) is 10.8 Å². The molecule has 1 heterocycles. The molecule has 1 aromatic heterocycles. The van der Waals surface area contributed by atoms with E-state index in [1.807, 2.05) is 0 Å². The zero-order valence-electron chi connectivity index (χ0n) is 14.3. The molecule has 0 aliphatic carbocycles. The Balaban J connectivity index is 1.52. The highest BCUT2D eigenvalue weighted by molar-refractivity contribution is 7.91. The van der Waals surface area contributed by atoms with Gasteiger partial charge in [-0.1, -0.05) is 18.2 Å². The number of nitrogens with one attached hydrogen (secondary N) is 1. The standard InChI is InChI=1S/C19H17FN2O3S2/c20-15-10-8-14(9-11-15)17-13-26-19(21-17)22-18(23)7-4-12-27(24,25)16-5-2-1-3-6-16/h1-3,5-6,8-11,13H,4,7,12H2,(H,21,22,23). The Morgan fingerprint density at radius 1 is 1.07 bits per heavy atom. The predicted molar refractivity (Wildman–Crippen MR) is 104 cm³/mol. The zero-order valence-corrected chi connectivity index (χ0v) is 15.9. The summed E-state index contributed by atoms with van der Waals surface area (Å²) >= 11 is 1.26. The number of anilines is 1. The van der Waals surface area contributed by atoms with Crippen LogP contribution in [-0.4, -0.2) is 25.1 Å². The van der Waals surface area contributed by atoms with Crippen molar-refractivity contribution in [3.63, 3.8) is 0 Å². The average Bonchev–Trinajstić information content (AvgIpc) is 3.11. The van der Waals surface area contributed by atoms with E-state index in [1.54, 1.807) is 47.8 Å². The Morgan fingerprint density at radius 2 is 1.78 bits per heavy atom. The van der Waals surface area contributed by atoms with Crippen LogP contribution in [0.25, 0.3) is 11.3 Å². The first kappa shape index (κ1) is 19.2. The van der Waals surface area contributed by atoms with Crippen molar-refractivity contribution in [3.8, 4) is 11.3 Å². The van der Waals surface area contributed by atoms with Gasteiger partial charge in [0.2, 0.25) is 5.91 Å². The van der Waals surface area contributed by atoms with Gasteiger partial charge in [0.1, 0.15) is 5.82 Å². The van der Waals surface area contributed by atoms with E-state index in [4.69, 9.17) is 0 Å². The first-order valence-electron chi connectivity index (χ1n) is 8.23. The Hall–Kier alpha value is -2.58. The molecule has 0 unspecified atom stereocenters. The molecule has 3 rings (SSSR count). The molecule has 0 aliphatic heterocycles. The molecule has 27 heavy (non-hydrogen) atoms. The van der Waals surface area contributed by atoms with E-state index < -0.39 is 9.84 Å². The van der Waals surface area contributed by atoms with Crippen molar-refractivity contribution >= 4 is 32.2 Å². The van der Waals surface area contributed by atoms with E-state index in [2.05, 4.69) is 10.3 Å².